The molecule has 8 atom stereocenters. The molecule has 250 valence electrons. The Morgan fingerprint density at radius 2 is 1.72 bits per heavy atom. The topological polar surface area (TPSA) is 108 Å². The van der Waals surface area contributed by atoms with Crippen LogP contribution in [0.1, 0.15) is 74.2 Å². The van der Waals surface area contributed by atoms with E-state index in [1.54, 1.807) is 41.0 Å². The molecule has 0 radical (unpaired) electrons. The second kappa shape index (κ2) is 10.8. The van der Waals surface area contributed by atoms with Crippen LogP contribution in [0.2, 0.25) is 0 Å². The van der Waals surface area contributed by atoms with Crippen molar-refractivity contribution >= 4 is 38.5 Å². The van der Waals surface area contributed by atoms with Gasteiger partial charge in [0.05, 0.1) is 18.0 Å². The Morgan fingerprint density at radius 1 is 0.979 bits per heavy atom. The van der Waals surface area contributed by atoms with Gasteiger partial charge >= 0.3 is 0 Å². The van der Waals surface area contributed by atoms with E-state index in [0.717, 1.165) is 36.1 Å². The quantitative estimate of drug-likeness (QED) is 0.183. The minimum atomic E-state index is -3.84. The first kappa shape index (κ1) is 31.9. The van der Waals surface area contributed by atoms with Crippen LogP contribution in [0.4, 0.5) is 0 Å². The zero-order chi connectivity index (χ0) is 32.9. The van der Waals surface area contributed by atoms with Gasteiger partial charge in [-0.25, -0.2) is 8.42 Å². The summed E-state index contributed by atoms with van der Waals surface area (Å²) in [7, 11) is -3.84. The normalized spacial score (nSPS) is 39.0. The van der Waals surface area contributed by atoms with Gasteiger partial charge in [0.1, 0.15) is 4.21 Å². The van der Waals surface area contributed by atoms with E-state index in [1.807, 2.05) is 17.5 Å². The van der Waals surface area contributed by atoms with Gasteiger partial charge in [0.25, 0.3) is 10.0 Å². The number of hydrogen-bond donors (Lipinski definition) is 2. The van der Waals surface area contributed by atoms with Crippen LogP contribution in [0.3, 0.4) is 0 Å². The van der Waals surface area contributed by atoms with E-state index in [-0.39, 0.29) is 40.3 Å². The standard InChI is InChI=1S/C37H43NO6S3/c1-33-13-9-25(39)22-35(33)16-17-37(27(23-35)32(40)28-7-3-19-44-28)29(33)10-14-34(2)30(37)11-15-36(34,41)24-38(18-12-26-6-4-20-45-26)47(42,43)31-8-5-21-46-31/h3-8,16-17,19-21,23,25,29-30,39,41H,9-15,18,22,24H2,1-2H3. The Labute approximate surface area is 285 Å². The number of fused-ring (bicyclic) bond motifs is 1. The molecule has 2 spiro atoms. The predicted octanol–water partition coefficient (Wildman–Crippen LogP) is 7.11. The average Bonchev–Trinajstić information content (AvgIpc) is 3.87. The molecular formula is C37H43NO6S3. The molecule has 2 bridgehead atoms. The molecule has 10 heteroatoms. The van der Waals surface area contributed by atoms with Crippen molar-refractivity contribution in [3.8, 4) is 0 Å². The van der Waals surface area contributed by atoms with Crippen molar-refractivity contribution in [3.63, 3.8) is 0 Å². The fourth-order valence-corrected chi connectivity index (χ4v) is 14.3. The molecule has 3 aromatic rings. The summed E-state index contributed by atoms with van der Waals surface area (Å²) in [6.07, 6.45) is 13.3. The van der Waals surface area contributed by atoms with E-state index in [0.29, 0.717) is 31.4 Å². The molecule has 9 rings (SSSR count). The second-order valence-electron chi connectivity index (χ2n) is 15.2. The SMILES string of the molecule is CC12CCC(O)CC13C=CC1(C(C(=O)c4ccco4)=C3)C2CCC2(C)C1CCC2(O)CN(CCc1cccs1)S(=O)(=O)c1cccs1. The van der Waals surface area contributed by atoms with Crippen molar-refractivity contribution in [1.82, 2.24) is 4.31 Å². The van der Waals surface area contributed by atoms with Gasteiger partial charge in [-0.1, -0.05) is 44.2 Å². The molecule has 6 aliphatic rings. The fourth-order valence-electron chi connectivity index (χ4n) is 10.9. The van der Waals surface area contributed by atoms with Crippen LogP contribution in [-0.2, 0) is 16.4 Å². The number of aliphatic hydroxyl groups excluding tert-OH is 1. The van der Waals surface area contributed by atoms with Crippen molar-refractivity contribution < 1.29 is 27.8 Å². The third-order valence-electron chi connectivity index (χ3n) is 13.4. The lowest BCUT2D eigenvalue weighted by atomic mass is 9.32. The molecule has 0 amide bonds. The lowest BCUT2D eigenvalue weighted by Gasteiger charge is -2.71. The maximum atomic E-state index is 14.4. The number of Topliss-reactive ketones (excluding diaryl/α,β-unsaturated/α-hetero) is 1. The second-order valence-corrected chi connectivity index (χ2v) is 19.4. The number of ketones is 1. The van der Waals surface area contributed by atoms with E-state index in [2.05, 4.69) is 32.1 Å². The Morgan fingerprint density at radius 3 is 2.45 bits per heavy atom. The molecule has 47 heavy (non-hydrogen) atoms. The Balaban J connectivity index is 1.21. The van der Waals surface area contributed by atoms with Crippen LogP contribution < -0.4 is 0 Å². The molecule has 3 heterocycles. The predicted molar refractivity (Wildman–Crippen MR) is 183 cm³/mol. The number of sulfonamides is 1. The third-order valence-corrected chi connectivity index (χ3v) is 17.6. The van der Waals surface area contributed by atoms with Crippen LogP contribution in [-0.4, -0.2) is 53.5 Å². The first-order valence-electron chi connectivity index (χ1n) is 16.9. The maximum Gasteiger partial charge on any atom is 0.252 e. The number of rotatable bonds is 9. The van der Waals surface area contributed by atoms with Crippen LogP contribution in [0.15, 0.2) is 85.8 Å². The number of carbonyl (C=O) groups is 1. The van der Waals surface area contributed by atoms with Crippen LogP contribution in [0.25, 0.3) is 0 Å². The largest absolute Gasteiger partial charge is 0.461 e. The van der Waals surface area contributed by atoms with Crippen molar-refractivity contribution in [1.29, 1.82) is 0 Å². The monoisotopic (exact) mass is 693 g/mol. The summed E-state index contributed by atoms with van der Waals surface area (Å²) >= 11 is 2.82. The smallest absolute Gasteiger partial charge is 0.252 e. The minimum Gasteiger partial charge on any atom is -0.461 e. The Bertz CT molecular complexity index is 1830. The van der Waals surface area contributed by atoms with Crippen LogP contribution in [0.5, 0.6) is 0 Å². The first-order valence-corrected chi connectivity index (χ1v) is 20.1. The number of hydrogen-bond acceptors (Lipinski definition) is 8. The molecule has 0 aromatic carbocycles. The van der Waals surface area contributed by atoms with E-state index < -0.39 is 38.0 Å². The Kier molecular flexibility index (Phi) is 7.35. The molecule has 2 N–H and O–H groups in total. The molecule has 6 aliphatic carbocycles. The van der Waals surface area contributed by atoms with Gasteiger partial charge in [-0.15, -0.1) is 22.7 Å². The molecule has 0 saturated heterocycles. The summed E-state index contributed by atoms with van der Waals surface area (Å²) in [5.74, 6) is 0.257. The molecular weight excluding hydrogens is 651 g/mol. The van der Waals surface area contributed by atoms with Gasteiger partial charge in [-0.3, -0.25) is 4.79 Å². The van der Waals surface area contributed by atoms with Gasteiger partial charge in [0.2, 0.25) is 5.78 Å². The number of furan rings is 1. The van der Waals surface area contributed by atoms with Gasteiger partial charge in [-0.05, 0) is 104 Å². The number of aliphatic hydroxyl groups is 2. The van der Waals surface area contributed by atoms with Gasteiger partial charge in [0.15, 0.2) is 5.76 Å². The summed E-state index contributed by atoms with van der Waals surface area (Å²) in [6, 6.07) is 10.9. The third kappa shape index (κ3) is 4.37. The number of thiophene rings is 2. The highest BCUT2D eigenvalue weighted by atomic mass is 32.2. The van der Waals surface area contributed by atoms with E-state index in [1.165, 1.54) is 21.9 Å². The van der Waals surface area contributed by atoms with Crippen LogP contribution >= 0.6 is 22.7 Å². The molecule has 3 aromatic heterocycles. The van der Waals surface area contributed by atoms with Gasteiger partial charge < -0.3 is 14.6 Å². The lowest BCUT2D eigenvalue weighted by Crippen LogP contribution is -2.67. The van der Waals surface area contributed by atoms with E-state index in [4.69, 9.17) is 4.42 Å². The summed E-state index contributed by atoms with van der Waals surface area (Å²) in [6.45, 7) is 4.80. The van der Waals surface area contributed by atoms with Crippen molar-refractivity contribution in [2.24, 2.45) is 33.5 Å². The highest BCUT2D eigenvalue weighted by molar-refractivity contribution is 7.91. The van der Waals surface area contributed by atoms with Gasteiger partial charge in [-0.2, -0.15) is 4.31 Å². The highest BCUT2D eigenvalue weighted by Gasteiger charge is 2.74. The highest BCUT2D eigenvalue weighted by Crippen LogP contribution is 2.78. The van der Waals surface area contributed by atoms with Crippen molar-refractivity contribution in [2.45, 2.75) is 81.1 Å². The summed E-state index contributed by atoms with van der Waals surface area (Å²) < 4.78 is 35.8. The fraction of sp³-hybridized carbons (Fsp3) is 0.541. The number of carbonyl (C=O) groups excluding carboxylic acids is 1. The zero-order valence-corrected chi connectivity index (χ0v) is 29.4. The van der Waals surface area contributed by atoms with Crippen molar-refractivity contribution in [3.05, 3.63) is 87.9 Å². The summed E-state index contributed by atoms with van der Waals surface area (Å²) in [5, 5.41) is 27.6. The minimum absolute atomic E-state index is 0.00858. The van der Waals surface area contributed by atoms with Crippen molar-refractivity contribution in [2.75, 3.05) is 13.1 Å². The lowest BCUT2D eigenvalue weighted by molar-refractivity contribution is -0.173. The van der Waals surface area contributed by atoms with Gasteiger partial charge in [0, 0.05) is 39.8 Å². The zero-order valence-electron chi connectivity index (χ0n) is 26.9. The molecule has 7 nitrogen and oxygen atoms in total. The maximum absolute atomic E-state index is 14.4. The summed E-state index contributed by atoms with van der Waals surface area (Å²) in [5.41, 5.74) is -2.42. The molecule has 3 saturated carbocycles. The van der Waals surface area contributed by atoms with E-state index in [9.17, 15) is 23.4 Å². The number of nitrogens with zero attached hydrogens (tertiary/aromatic N) is 1. The molecule has 0 aliphatic heterocycles. The van der Waals surface area contributed by atoms with Crippen LogP contribution in [0, 0.1) is 33.5 Å². The first-order chi connectivity index (χ1) is 22.4. The number of allylic oxidation sites excluding steroid dienone is 4. The molecule has 8 unspecified atom stereocenters. The molecule has 3 fully saturated rings. The Hall–Kier alpha value is -2.34. The summed E-state index contributed by atoms with van der Waals surface area (Å²) in [4.78, 5) is 15.5. The van der Waals surface area contributed by atoms with E-state index >= 15 is 0 Å². The average molecular weight is 694 g/mol.